The van der Waals surface area contributed by atoms with Crippen molar-refractivity contribution in [1.82, 2.24) is 5.48 Å². The molecule has 0 aliphatic rings. The average Bonchev–Trinajstić information content (AvgIpc) is 2.58. The molecule has 0 fully saturated rings. The Bertz CT molecular complexity index is 674. The Morgan fingerprint density at radius 2 is 1.71 bits per heavy atom. The summed E-state index contributed by atoms with van der Waals surface area (Å²) >= 11 is 0. The van der Waals surface area contributed by atoms with Gasteiger partial charge in [-0.2, -0.15) is 0 Å². The Kier molecular flexibility index (Phi) is 6.16. The second-order valence-corrected chi connectivity index (χ2v) is 4.77. The molecule has 0 saturated heterocycles. The highest BCUT2D eigenvalue weighted by atomic mass is 19.2. The summed E-state index contributed by atoms with van der Waals surface area (Å²) in [7, 11) is 0. The van der Waals surface area contributed by atoms with E-state index >= 15 is 0 Å². The molecule has 5 nitrogen and oxygen atoms in total. The predicted molar refractivity (Wildman–Crippen MR) is 77.7 cm³/mol. The Balaban J connectivity index is 1.76. The number of hydrogen-bond acceptors (Lipinski definition) is 4. The fraction of sp³-hybridized carbons (Fsp3) is 0.188. The van der Waals surface area contributed by atoms with Crippen LogP contribution < -0.4 is 10.2 Å². The minimum absolute atomic E-state index is 0.0836. The van der Waals surface area contributed by atoms with Gasteiger partial charge in [0.2, 0.25) is 0 Å². The normalized spacial score (nSPS) is 11.8. The van der Waals surface area contributed by atoms with Crippen molar-refractivity contribution in [2.45, 2.75) is 6.10 Å². The summed E-state index contributed by atoms with van der Waals surface area (Å²) in [6.07, 6.45) is -1.05. The number of para-hydroxylation sites is 1. The summed E-state index contributed by atoms with van der Waals surface area (Å²) in [5, 5.41) is 9.65. The van der Waals surface area contributed by atoms with E-state index in [0.717, 1.165) is 0 Å². The molecule has 0 bridgehead atoms. The van der Waals surface area contributed by atoms with Crippen molar-refractivity contribution >= 4 is 5.91 Å². The van der Waals surface area contributed by atoms with Gasteiger partial charge in [0.05, 0.1) is 0 Å². The number of rotatable bonds is 7. The molecule has 2 rings (SSSR count). The smallest absolute Gasteiger partial charge is 0.275 e. The monoisotopic (exact) mass is 341 g/mol. The third kappa shape index (κ3) is 4.97. The van der Waals surface area contributed by atoms with E-state index in [1.54, 1.807) is 24.3 Å². The van der Waals surface area contributed by atoms with Gasteiger partial charge in [0.1, 0.15) is 25.1 Å². The lowest BCUT2D eigenvalue weighted by Crippen LogP contribution is -2.31. The van der Waals surface area contributed by atoms with Gasteiger partial charge in [-0.05, 0) is 24.3 Å². The Hall–Kier alpha value is -2.58. The summed E-state index contributed by atoms with van der Waals surface area (Å²) in [5.41, 5.74) is 1.43. The molecule has 1 amide bonds. The maximum Gasteiger partial charge on any atom is 0.275 e. The molecule has 0 heterocycles. The average molecular weight is 341 g/mol. The molecule has 0 radical (unpaired) electrons. The first kappa shape index (κ1) is 17.8. The van der Waals surface area contributed by atoms with Gasteiger partial charge in [0.25, 0.3) is 5.91 Å². The number of ether oxygens (including phenoxy) is 1. The molecular formula is C16H14F3NO4. The summed E-state index contributed by atoms with van der Waals surface area (Å²) in [6.45, 7) is -0.398. The van der Waals surface area contributed by atoms with Crippen LogP contribution >= 0.6 is 0 Å². The highest BCUT2D eigenvalue weighted by Gasteiger charge is 2.15. The fourth-order valence-electron chi connectivity index (χ4n) is 1.71. The number of amides is 1. The molecule has 128 valence electrons. The molecule has 0 saturated carbocycles. The molecule has 0 aliphatic carbocycles. The number of nitrogens with one attached hydrogen (secondary N) is 1. The zero-order valence-electron chi connectivity index (χ0n) is 12.3. The van der Waals surface area contributed by atoms with Crippen LogP contribution in [-0.2, 0) is 4.84 Å². The lowest BCUT2D eigenvalue weighted by molar-refractivity contribution is -0.0259. The molecule has 2 aromatic rings. The summed E-state index contributed by atoms with van der Waals surface area (Å²) in [5.74, 6) is -5.07. The highest BCUT2D eigenvalue weighted by molar-refractivity contribution is 5.93. The first-order valence-corrected chi connectivity index (χ1v) is 6.90. The van der Waals surface area contributed by atoms with Crippen molar-refractivity contribution in [3.05, 3.63) is 65.5 Å². The molecule has 0 aromatic heterocycles. The summed E-state index contributed by atoms with van der Waals surface area (Å²) in [4.78, 5) is 16.4. The van der Waals surface area contributed by atoms with Crippen LogP contribution in [0.15, 0.2) is 42.5 Å². The van der Waals surface area contributed by atoms with Crippen molar-refractivity contribution in [3.8, 4) is 5.75 Å². The maximum atomic E-state index is 13.0. The quantitative estimate of drug-likeness (QED) is 0.599. The lowest BCUT2D eigenvalue weighted by Gasteiger charge is -2.13. The minimum atomic E-state index is -1.67. The lowest BCUT2D eigenvalue weighted by atomic mass is 10.2. The van der Waals surface area contributed by atoms with Crippen molar-refractivity contribution in [3.63, 3.8) is 0 Å². The van der Waals surface area contributed by atoms with Gasteiger partial charge in [-0.3, -0.25) is 9.63 Å². The maximum absolute atomic E-state index is 13.0. The molecule has 24 heavy (non-hydrogen) atoms. The first-order chi connectivity index (χ1) is 11.5. The first-order valence-electron chi connectivity index (χ1n) is 6.90. The van der Waals surface area contributed by atoms with Gasteiger partial charge >= 0.3 is 0 Å². The van der Waals surface area contributed by atoms with Gasteiger partial charge in [-0.15, -0.1) is 0 Å². The standard InChI is InChI=1S/C16H14F3NO4/c17-13-6-10(7-14(18)15(13)19)16(22)20-24-9-11(21)8-23-12-4-2-1-3-5-12/h1-7,11,21H,8-9H2,(H,20,22). The second kappa shape index (κ2) is 8.32. The number of halogens is 3. The van der Waals surface area contributed by atoms with E-state index in [1.165, 1.54) is 0 Å². The zero-order chi connectivity index (χ0) is 17.5. The second-order valence-electron chi connectivity index (χ2n) is 4.77. The van der Waals surface area contributed by atoms with Crippen LogP contribution in [0.25, 0.3) is 0 Å². The van der Waals surface area contributed by atoms with Crippen LogP contribution in [0.4, 0.5) is 13.2 Å². The van der Waals surface area contributed by atoms with Crippen LogP contribution in [0.3, 0.4) is 0 Å². The third-order valence-electron chi connectivity index (χ3n) is 2.87. The SMILES string of the molecule is O=C(NOCC(O)COc1ccccc1)c1cc(F)c(F)c(F)c1. The number of benzene rings is 2. The van der Waals surface area contributed by atoms with Gasteiger partial charge < -0.3 is 9.84 Å². The van der Waals surface area contributed by atoms with E-state index in [1.807, 2.05) is 11.5 Å². The van der Waals surface area contributed by atoms with Crippen LogP contribution in [-0.4, -0.2) is 30.3 Å². The van der Waals surface area contributed by atoms with Crippen LogP contribution in [0, 0.1) is 17.5 Å². The minimum Gasteiger partial charge on any atom is -0.491 e. The number of carbonyl (C=O) groups is 1. The van der Waals surface area contributed by atoms with E-state index in [4.69, 9.17) is 9.57 Å². The Labute approximate surface area is 135 Å². The van der Waals surface area contributed by atoms with E-state index in [9.17, 15) is 23.1 Å². The predicted octanol–water partition coefficient (Wildman–Crippen LogP) is 2.21. The highest BCUT2D eigenvalue weighted by Crippen LogP contribution is 2.13. The molecule has 1 atom stereocenters. The molecular weight excluding hydrogens is 327 g/mol. The Morgan fingerprint density at radius 3 is 2.33 bits per heavy atom. The van der Waals surface area contributed by atoms with Gasteiger partial charge in [0, 0.05) is 5.56 Å². The molecule has 2 aromatic carbocycles. The van der Waals surface area contributed by atoms with Crippen molar-refractivity contribution in [2.75, 3.05) is 13.2 Å². The Morgan fingerprint density at radius 1 is 1.08 bits per heavy atom. The number of aliphatic hydroxyl groups is 1. The van der Waals surface area contributed by atoms with E-state index in [-0.39, 0.29) is 13.2 Å². The van der Waals surface area contributed by atoms with Crippen molar-refractivity contribution in [1.29, 1.82) is 0 Å². The number of aliphatic hydroxyl groups excluding tert-OH is 1. The summed E-state index contributed by atoms with van der Waals surface area (Å²) in [6, 6.07) is 9.81. The number of hydroxylamine groups is 1. The number of carbonyl (C=O) groups excluding carboxylic acids is 1. The topological polar surface area (TPSA) is 67.8 Å². The molecule has 0 spiro atoms. The summed E-state index contributed by atoms with van der Waals surface area (Å²) < 4.78 is 44.1. The number of hydrogen-bond donors (Lipinski definition) is 2. The van der Waals surface area contributed by atoms with E-state index < -0.39 is 35.0 Å². The van der Waals surface area contributed by atoms with Crippen molar-refractivity contribution < 1.29 is 32.6 Å². The molecule has 2 N–H and O–H groups in total. The van der Waals surface area contributed by atoms with Gasteiger partial charge in [-0.25, -0.2) is 18.7 Å². The van der Waals surface area contributed by atoms with Gasteiger partial charge in [0.15, 0.2) is 17.5 Å². The van der Waals surface area contributed by atoms with E-state index in [0.29, 0.717) is 17.9 Å². The zero-order valence-corrected chi connectivity index (χ0v) is 12.3. The third-order valence-corrected chi connectivity index (χ3v) is 2.87. The molecule has 1 unspecified atom stereocenters. The van der Waals surface area contributed by atoms with Crippen LogP contribution in [0.5, 0.6) is 5.75 Å². The molecule has 0 aliphatic heterocycles. The van der Waals surface area contributed by atoms with Gasteiger partial charge in [-0.1, -0.05) is 18.2 Å². The van der Waals surface area contributed by atoms with Crippen molar-refractivity contribution in [2.24, 2.45) is 0 Å². The van der Waals surface area contributed by atoms with Crippen LogP contribution in [0.2, 0.25) is 0 Å². The largest absolute Gasteiger partial charge is 0.491 e. The fourth-order valence-corrected chi connectivity index (χ4v) is 1.71. The van der Waals surface area contributed by atoms with E-state index in [2.05, 4.69) is 0 Å². The molecule has 8 heteroatoms. The van der Waals surface area contributed by atoms with Crippen LogP contribution in [0.1, 0.15) is 10.4 Å².